The molecular formula is C20H20ClN3O2S. The number of benzene rings is 1. The van der Waals surface area contributed by atoms with Gasteiger partial charge in [0.2, 0.25) is 0 Å². The molecule has 0 radical (unpaired) electrons. The number of anilines is 1. The van der Waals surface area contributed by atoms with E-state index in [1.807, 2.05) is 30.3 Å². The molecule has 4 rings (SSSR count). The van der Waals surface area contributed by atoms with E-state index in [1.54, 1.807) is 11.3 Å². The molecule has 1 aliphatic rings. The maximum absolute atomic E-state index is 12.4. The van der Waals surface area contributed by atoms with Gasteiger partial charge < -0.3 is 4.74 Å². The lowest BCUT2D eigenvalue weighted by atomic mass is 9.97. The van der Waals surface area contributed by atoms with Gasteiger partial charge in [-0.3, -0.25) is 5.32 Å². The maximum atomic E-state index is 12.4. The molecule has 0 unspecified atom stereocenters. The number of carbonyl (C=O) groups is 1. The van der Waals surface area contributed by atoms with Gasteiger partial charge in [0, 0.05) is 17.2 Å². The van der Waals surface area contributed by atoms with Crippen LogP contribution in [0.25, 0.3) is 10.2 Å². The summed E-state index contributed by atoms with van der Waals surface area (Å²) in [5, 5.41) is 3.80. The van der Waals surface area contributed by atoms with E-state index in [1.165, 1.54) is 16.9 Å². The highest BCUT2D eigenvalue weighted by Crippen LogP contribution is 2.38. The van der Waals surface area contributed by atoms with Crippen molar-refractivity contribution >= 4 is 45.1 Å². The summed E-state index contributed by atoms with van der Waals surface area (Å²) in [6, 6.07) is 9.61. The zero-order valence-corrected chi connectivity index (χ0v) is 16.4. The Bertz CT molecular complexity index is 959. The zero-order valence-electron chi connectivity index (χ0n) is 14.8. The number of nitrogens with zero attached hydrogens (tertiary/aromatic N) is 2. The average Bonchev–Trinajstić information content (AvgIpc) is 3.06. The molecule has 3 aromatic rings. The predicted molar refractivity (Wildman–Crippen MR) is 109 cm³/mol. The lowest BCUT2D eigenvalue weighted by molar-refractivity contribution is 0.155. The quantitative estimate of drug-likeness (QED) is 0.604. The minimum atomic E-state index is -0.508. The second-order valence-electron chi connectivity index (χ2n) is 6.51. The van der Waals surface area contributed by atoms with Crippen molar-refractivity contribution in [2.75, 3.05) is 11.2 Å². The predicted octanol–water partition coefficient (Wildman–Crippen LogP) is 5.10. The number of aromatic nitrogens is 2. The van der Waals surface area contributed by atoms with Crippen LogP contribution in [0.1, 0.15) is 34.7 Å². The normalized spacial score (nSPS) is 13.4. The fourth-order valence-electron chi connectivity index (χ4n) is 3.34. The van der Waals surface area contributed by atoms with Crippen LogP contribution in [0, 0.1) is 0 Å². The molecule has 0 fully saturated rings. The first-order valence-electron chi connectivity index (χ1n) is 9.09. The Morgan fingerprint density at radius 3 is 2.81 bits per heavy atom. The monoisotopic (exact) mass is 401 g/mol. The van der Waals surface area contributed by atoms with Crippen LogP contribution < -0.4 is 5.32 Å². The van der Waals surface area contributed by atoms with Gasteiger partial charge in [-0.05, 0) is 36.8 Å². The summed E-state index contributed by atoms with van der Waals surface area (Å²) in [5.41, 5.74) is 2.22. The van der Waals surface area contributed by atoms with Gasteiger partial charge in [0.05, 0.1) is 5.39 Å². The average molecular weight is 402 g/mol. The molecule has 7 heteroatoms. The summed E-state index contributed by atoms with van der Waals surface area (Å²) in [6.45, 7) is 0.219. The molecule has 1 aromatic carbocycles. The number of amides is 1. The highest BCUT2D eigenvalue weighted by atomic mass is 35.5. The molecule has 1 amide bonds. The second kappa shape index (κ2) is 8.23. The fourth-order valence-corrected chi connectivity index (χ4v) is 4.79. The molecule has 0 bridgehead atoms. The maximum Gasteiger partial charge on any atom is 0.413 e. The fraction of sp³-hybridized carbons (Fsp3) is 0.350. The van der Waals surface area contributed by atoms with Gasteiger partial charge in [0.1, 0.15) is 23.1 Å². The third-order valence-corrected chi connectivity index (χ3v) is 5.99. The molecule has 0 atom stereocenters. The first-order chi connectivity index (χ1) is 13.2. The molecule has 27 heavy (non-hydrogen) atoms. The largest absolute Gasteiger partial charge is 0.444 e. The number of hydrogen-bond acceptors (Lipinski definition) is 5. The van der Waals surface area contributed by atoms with Crippen LogP contribution in [0.3, 0.4) is 0 Å². The summed E-state index contributed by atoms with van der Waals surface area (Å²) in [6.07, 6.45) is 4.48. The van der Waals surface area contributed by atoms with E-state index >= 15 is 0 Å². The van der Waals surface area contributed by atoms with Crippen LogP contribution in [0.5, 0.6) is 0 Å². The van der Waals surface area contributed by atoms with E-state index in [9.17, 15) is 4.79 Å². The number of aryl methyl sites for hydroxylation is 3. The van der Waals surface area contributed by atoms with E-state index < -0.39 is 6.09 Å². The molecule has 1 N–H and O–H groups in total. The number of carbonyl (C=O) groups excluding carboxylic acids is 1. The number of hydrogen-bond donors (Lipinski definition) is 1. The third-order valence-electron chi connectivity index (χ3n) is 4.61. The minimum absolute atomic E-state index is 0.219. The van der Waals surface area contributed by atoms with Crippen LogP contribution in [-0.4, -0.2) is 21.9 Å². The van der Waals surface area contributed by atoms with E-state index in [0.717, 1.165) is 35.0 Å². The summed E-state index contributed by atoms with van der Waals surface area (Å²) in [7, 11) is 0. The lowest BCUT2D eigenvalue weighted by Gasteiger charge is -2.13. The zero-order chi connectivity index (χ0) is 18.6. The molecule has 140 valence electrons. The van der Waals surface area contributed by atoms with Gasteiger partial charge in [-0.1, -0.05) is 30.3 Å². The van der Waals surface area contributed by atoms with Crippen molar-refractivity contribution in [1.29, 1.82) is 0 Å². The van der Waals surface area contributed by atoms with Crippen molar-refractivity contribution in [2.24, 2.45) is 0 Å². The number of fused-ring (bicyclic) bond motifs is 3. The Morgan fingerprint density at radius 2 is 2.00 bits per heavy atom. The SMILES string of the molecule is O=C(Nc1nc(CCCl)nc2sc3c(c12)CCCC3)OCc1ccccc1. The van der Waals surface area contributed by atoms with Gasteiger partial charge in [-0.25, -0.2) is 14.8 Å². The van der Waals surface area contributed by atoms with Crippen molar-refractivity contribution < 1.29 is 9.53 Å². The Morgan fingerprint density at radius 1 is 1.19 bits per heavy atom. The number of nitrogens with one attached hydrogen (secondary N) is 1. The molecule has 0 saturated heterocycles. The van der Waals surface area contributed by atoms with Crippen molar-refractivity contribution in [3.05, 3.63) is 52.2 Å². The van der Waals surface area contributed by atoms with Crippen LogP contribution in [0.4, 0.5) is 10.6 Å². The Balaban J connectivity index is 1.60. The molecule has 5 nitrogen and oxygen atoms in total. The minimum Gasteiger partial charge on any atom is -0.444 e. The smallest absolute Gasteiger partial charge is 0.413 e. The standard InChI is InChI=1S/C20H20ClN3O2S/c21-11-10-16-22-18(24-20(25)26-12-13-6-2-1-3-7-13)17-14-8-4-5-9-15(14)27-19(17)23-16/h1-3,6-7H,4-5,8-12H2,(H,22,23,24,25). The van der Waals surface area contributed by atoms with Crippen molar-refractivity contribution in [3.63, 3.8) is 0 Å². The third kappa shape index (κ3) is 4.06. The first-order valence-corrected chi connectivity index (χ1v) is 10.4. The van der Waals surface area contributed by atoms with Crippen LogP contribution in [0.2, 0.25) is 0 Å². The van der Waals surface area contributed by atoms with Gasteiger partial charge in [0.25, 0.3) is 0 Å². The van der Waals surface area contributed by atoms with Gasteiger partial charge in [-0.2, -0.15) is 0 Å². The Labute approximate surface area is 166 Å². The van der Waals surface area contributed by atoms with Gasteiger partial charge in [-0.15, -0.1) is 22.9 Å². The van der Waals surface area contributed by atoms with Gasteiger partial charge >= 0.3 is 6.09 Å². The second-order valence-corrected chi connectivity index (χ2v) is 7.97. The summed E-state index contributed by atoms with van der Waals surface area (Å²) >= 11 is 7.58. The highest BCUT2D eigenvalue weighted by molar-refractivity contribution is 7.19. The number of thiophene rings is 1. The molecule has 2 heterocycles. The van der Waals surface area contributed by atoms with E-state index in [4.69, 9.17) is 16.3 Å². The Hall–Kier alpha value is -2.18. The van der Waals surface area contributed by atoms with E-state index in [-0.39, 0.29) is 6.61 Å². The highest BCUT2D eigenvalue weighted by Gasteiger charge is 2.22. The molecule has 2 aromatic heterocycles. The van der Waals surface area contributed by atoms with Crippen molar-refractivity contribution in [2.45, 2.75) is 38.7 Å². The van der Waals surface area contributed by atoms with Gasteiger partial charge in [0.15, 0.2) is 0 Å². The Kier molecular flexibility index (Phi) is 5.55. The molecule has 1 aliphatic carbocycles. The van der Waals surface area contributed by atoms with E-state index in [0.29, 0.717) is 23.9 Å². The van der Waals surface area contributed by atoms with Crippen LogP contribution in [0.15, 0.2) is 30.3 Å². The number of alkyl halides is 1. The first kappa shape index (κ1) is 18.2. The number of ether oxygens (including phenoxy) is 1. The molecule has 0 aliphatic heterocycles. The molecule has 0 spiro atoms. The van der Waals surface area contributed by atoms with Crippen molar-refractivity contribution in [1.82, 2.24) is 9.97 Å². The summed E-state index contributed by atoms with van der Waals surface area (Å²) in [5.74, 6) is 1.63. The topological polar surface area (TPSA) is 64.1 Å². The van der Waals surface area contributed by atoms with Crippen molar-refractivity contribution in [3.8, 4) is 0 Å². The summed E-state index contributed by atoms with van der Waals surface area (Å²) in [4.78, 5) is 23.9. The summed E-state index contributed by atoms with van der Waals surface area (Å²) < 4.78 is 5.37. The lowest BCUT2D eigenvalue weighted by Crippen LogP contribution is -2.16. The molecule has 0 saturated carbocycles. The number of halogens is 1. The van der Waals surface area contributed by atoms with Crippen LogP contribution in [-0.2, 0) is 30.6 Å². The van der Waals surface area contributed by atoms with Crippen LogP contribution >= 0.6 is 22.9 Å². The van der Waals surface area contributed by atoms with E-state index in [2.05, 4.69) is 15.3 Å². The molecular weight excluding hydrogens is 382 g/mol. The number of rotatable bonds is 5.